The maximum Gasteiger partial charge on any atom is 0.228 e. The first kappa shape index (κ1) is 15.0. The molecule has 1 N–H and O–H groups in total. The lowest BCUT2D eigenvalue weighted by Gasteiger charge is -2.02. The van der Waals surface area contributed by atoms with Crippen LogP contribution in [0.25, 0.3) is 0 Å². The van der Waals surface area contributed by atoms with Gasteiger partial charge in [-0.25, -0.2) is 0 Å². The van der Waals surface area contributed by atoms with Gasteiger partial charge in [-0.3, -0.25) is 4.79 Å². The third kappa shape index (κ3) is 3.53. The zero-order valence-corrected chi connectivity index (χ0v) is 11.4. The highest BCUT2D eigenvalue weighted by Crippen LogP contribution is 2.31. The van der Waals surface area contributed by atoms with Crippen LogP contribution in [-0.4, -0.2) is 5.91 Å². The van der Waals surface area contributed by atoms with E-state index in [0.29, 0.717) is 11.4 Å². The Balaban J connectivity index is 0.000000509. The van der Waals surface area contributed by atoms with Crippen molar-refractivity contribution in [3.8, 4) is 0 Å². The van der Waals surface area contributed by atoms with Crippen LogP contribution in [0.4, 0.5) is 5.69 Å². The summed E-state index contributed by atoms with van der Waals surface area (Å²) in [5.74, 6) is 0.0255. The van der Waals surface area contributed by atoms with Crippen molar-refractivity contribution in [1.82, 2.24) is 0 Å². The summed E-state index contributed by atoms with van der Waals surface area (Å²) in [6.07, 6.45) is 0.455. The molecule has 2 rings (SSSR count). The summed E-state index contributed by atoms with van der Waals surface area (Å²) in [6.45, 7) is 9.97. The maximum atomic E-state index is 11.0. The summed E-state index contributed by atoms with van der Waals surface area (Å²) in [7, 11) is 0. The molecule has 0 saturated carbocycles. The highest BCUT2D eigenvalue weighted by atomic mass is 35.5. The van der Waals surface area contributed by atoms with Gasteiger partial charge in [-0.1, -0.05) is 45.4 Å². The number of nitrogens with one attached hydrogen (secondary N) is 1. The van der Waals surface area contributed by atoms with Gasteiger partial charge in [0.25, 0.3) is 0 Å². The van der Waals surface area contributed by atoms with Crippen LogP contribution < -0.4 is 5.32 Å². The number of amides is 1. The van der Waals surface area contributed by atoms with E-state index in [9.17, 15) is 4.79 Å². The fourth-order valence-corrected chi connectivity index (χ4v) is 1.79. The number of carbonyl (C=O) groups excluding carboxylic acids is 1. The number of fused-ring (bicyclic) bond motifs is 1. The Morgan fingerprint density at radius 3 is 2.31 bits per heavy atom. The topological polar surface area (TPSA) is 29.1 Å². The van der Waals surface area contributed by atoms with Gasteiger partial charge in [0.15, 0.2) is 0 Å². The second-order valence-corrected chi connectivity index (χ2v) is 3.41. The molecule has 0 saturated heterocycles. The molecule has 3 heteroatoms. The minimum absolute atomic E-state index is 0.0255. The number of halogens is 1. The number of rotatable bonds is 0. The van der Waals surface area contributed by atoms with E-state index in [2.05, 4.69) is 5.32 Å². The molecule has 1 heterocycles. The van der Waals surface area contributed by atoms with E-state index in [1.165, 1.54) is 0 Å². The molecule has 0 atom stereocenters. The monoisotopic (exact) mass is 241 g/mol. The lowest BCUT2D eigenvalue weighted by Crippen LogP contribution is -2.03. The van der Waals surface area contributed by atoms with Crippen molar-refractivity contribution in [2.24, 2.45) is 0 Å². The molecule has 0 aromatic heterocycles. The molecule has 1 aliphatic heterocycles. The highest BCUT2D eigenvalue weighted by molar-refractivity contribution is 6.34. The minimum Gasteiger partial charge on any atom is -0.324 e. The van der Waals surface area contributed by atoms with Crippen LogP contribution >= 0.6 is 11.6 Å². The van der Waals surface area contributed by atoms with Gasteiger partial charge < -0.3 is 5.32 Å². The lowest BCUT2D eigenvalue weighted by molar-refractivity contribution is -0.115. The molecule has 1 aromatic rings. The van der Waals surface area contributed by atoms with Crippen molar-refractivity contribution in [3.05, 3.63) is 28.3 Å². The summed E-state index contributed by atoms with van der Waals surface area (Å²) in [6, 6.07) is 3.84. The van der Waals surface area contributed by atoms with Crippen LogP contribution in [0.15, 0.2) is 12.1 Å². The molecule has 0 aliphatic carbocycles. The Kier molecular flexibility index (Phi) is 6.82. The van der Waals surface area contributed by atoms with Crippen molar-refractivity contribution < 1.29 is 4.79 Å². The third-order valence-corrected chi connectivity index (χ3v) is 2.23. The summed E-state index contributed by atoms with van der Waals surface area (Å²) >= 11 is 5.93. The number of anilines is 1. The van der Waals surface area contributed by atoms with Gasteiger partial charge in [0, 0.05) is 0 Å². The highest BCUT2D eigenvalue weighted by Gasteiger charge is 2.19. The fraction of sp³-hybridized carbons (Fsp3) is 0.462. The molecule has 1 aliphatic rings. The first-order chi connectivity index (χ1) is 7.66. The third-order valence-electron chi connectivity index (χ3n) is 1.93. The van der Waals surface area contributed by atoms with Gasteiger partial charge in [-0.2, -0.15) is 0 Å². The quantitative estimate of drug-likeness (QED) is 0.725. The Hall–Kier alpha value is -1.02. The molecule has 0 fully saturated rings. The van der Waals surface area contributed by atoms with Crippen LogP contribution in [0.2, 0.25) is 5.02 Å². The van der Waals surface area contributed by atoms with Crippen molar-refractivity contribution in [1.29, 1.82) is 0 Å². The number of benzene rings is 1. The first-order valence-corrected chi connectivity index (χ1v) is 6.13. The van der Waals surface area contributed by atoms with Gasteiger partial charge >= 0.3 is 0 Å². The van der Waals surface area contributed by atoms with Gasteiger partial charge in [0.2, 0.25) is 5.91 Å². The SMILES string of the molecule is CC.CC.Cc1cc(Cl)c2c(c1)CC(=O)N2. The number of carbonyl (C=O) groups is 1. The average molecular weight is 242 g/mol. The van der Waals surface area contributed by atoms with Gasteiger partial charge in [-0.05, 0) is 24.1 Å². The van der Waals surface area contributed by atoms with E-state index >= 15 is 0 Å². The second kappa shape index (κ2) is 7.29. The molecule has 0 bridgehead atoms. The van der Waals surface area contributed by atoms with E-state index in [0.717, 1.165) is 16.8 Å². The van der Waals surface area contributed by atoms with E-state index in [1.807, 2.05) is 46.8 Å². The normalized spacial score (nSPS) is 11.5. The maximum absolute atomic E-state index is 11.0. The van der Waals surface area contributed by atoms with Gasteiger partial charge in [-0.15, -0.1) is 0 Å². The molecule has 0 radical (unpaired) electrons. The molecule has 0 spiro atoms. The van der Waals surface area contributed by atoms with E-state index in [4.69, 9.17) is 11.6 Å². The van der Waals surface area contributed by atoms with Crippen molar-refractivity contribution in [3.63, 3.8) is 0 Å². The molecule has 0 unspecified atom stereocenters. The summed E-state index contributed by atoms with van der Waals surface area (Å²) in [4.78, 5) is 11.0. The average Bonchev–Trinajstić information content (AvgIpc) is 2.65. The molecule has 1 aromatic carbocycles. The predicted octanol–water partition coefficient (Wildman–Crippen LogP) is 4.20. The van der Waals surface area contributed by atoms with Crippen molar-refractivity contribution in [2.75, 3.05) is 5.32 Å². The van der Waals surface area contributed by atoms with E-state index in [1.54, 1.807) is 0 Å². The fourth-order valence-electron chi connectivity index (χ4n) is 1.45. The Bertz CT molecular complexity index is 361. The van der Waals surface area contributed by atoms with Crippen LogP contribution in [0, 0.1) is 6.92 Å². The zero-order valence-electron chi connectivity index (χ0n) is 10.6. The molecular weight excluding hydrogens is 222 g/mol. The predicted molar refractivity (Wildman–Crippen MR) is 71.2 cm³/mol. The first-order valence-electron chi connectivity index (χ1n) is 5.75. The Labute approximate surface area is 103 Å². The molecule has 16 heavy (non-hydrogen) atoms. The minimum atomic E-state index is 0.0255. The lowest BCUT2D eigenvalue weighted by atomic mass is 10.1. The Morgan fingerprint density at radius 2 is 1.75 bits per heavy atom. The zero-order chi connectivity index (χ0) is 12.7. The largest absolute Gasteiger partial charge is 0.324 e. The van der Waals surface area contributed by atoms with Gasteiger partial charge in [0.1, 0.15) is 0 Å². The number of hydrogen-bond donors (Lipinski definition) is 1. The summed E-state index contributed by atoms with van der Waals surface area (Å²) < 4.78 is 0. The number of aryl methyl sites for hydroxylation is 1. The van der Waals surface area contributed by atoms with Crippen LogP contribution in [0.3, 0.4) is 0 Å². The van der Waals surface area contributed by atoms with Crippen LogP contribution in [-0.2, 0) is 11.2 Å². The van der Waals surface area contributed by atoms with Crippen LogP contribution in [0.1, 0.15) is 38.8 Å². The van der Waals surface area contributed by atoms with E-state index < -0.39 is 0 Å². The number of hydrogen-bond acceptors (Lipinski definition) is 1. The molecule has 90 valence electrons. The molecular formula is C13H20ClNO. The summed E-state index contributed by atoms with van der Waals surface area (Å²) in [5, 5.41) is 3.36. The van der Waals surface area contributed by atoms with Gasteiger partial charge in [0.05, 0.1) is 17.1 Å². The second-order valence-electron chi connectivity index (χ2n) is 3.01. The standard InChI is InChI=1S/C9H8ClNO.2C2H6/c1-5-2-6-4-8(12)11-9(6)7(10)3-5;2*1-2/h2-3H,4H2,1H3,(H,11,12);2*1-2H3. The smallest absolute Gasteiger partial charge is 0.228 e. The summed E-state index contributed by atoms with van der Waals surface area (Å²) in [5.41, 5.74) is 2.88. The van der Waals surface area contributed by atoms with Crippen molar-refractivity contribution >= 4 is 23.2 Å². The molecule has 1 amide bonds. The van der Waals surface area contributed by atoms with E-state index in [-0.39, 0.29) is 5.91 Å². The van der Waals surface area contributed by atoms with Crippen molar-refractivity contribution in [2.45, 2.75) is 41.0 Å². The molecule has 2 nitrogen and oxygen atoms in total. The van der Waals surface area contributed by atoms with Crippen LogP contribution in [0.5, 0.6) is 0 Å². The Morgan fingerprint density at radius 1 is 1.19 bits per heavy atom.